The molecule has 0 saturated heterocycles. The van der Waals surface area contributed by atoms with E-state index < -0.39 is 8.90 Å². The minimum Gasteiger partial charge on any atom is -0.526 e. The van der Waals surface area contributed by atoms with Crippen molar-refractivity contribution < 1.29 is 8.85 Å². The molecule has 0 heterocycles. The summed E-state index contributed by atoms with van der Waals surface area (Å²) in [7, 11) is 0.538. The topological polar surface area (TPSA) is 18.5 Å². The number of hydrogen-bond acceptors (Lipinski definition) is 2. The van der Waals surface area contributed by atoms with E-state index in [1.165, 1.54) is 51.4 Å². The van der Waals surface area contributed by atoms with Gasteiger partial charge in [0.1, 0.15) is 0 Å². The van der Waals surface area contributed by atoms with Gasteiger partial charge in [-0.3, -0.25) is 0 Å². The van der Waals surface area contributed by atoms with Crippen LogP contribution in [0.1, 0.15) is 51.4 Å². The minimum absolute atomic E-state index is 0.602. The highest BCUT2D eigenvalue weighted by molar-refractivity contribution is 6.54. The summed E-state index contributed by atoms with van der Waals surface area (Å²) in [5, 5.41) is 0. The Labute approximate surface area is 106 Å². The fraction of sp³-hybridized carbons (Fsp3) is 0.786. The first-order chi connectivity index (χ1) is 8.29. The van der Waals surface area contributed by atoms with Crippen LogP contribution in [0.3, 0.4) is 0 Å². The fourth-order valence-corrected chi connectivity index (χ4v) is 4.01. The lowest BCUT2D eigenvalue weighted by molar-refractivity contribution is 0.230. The summed E-state index contributed by atoms with van der Waals surface area (Å²) in [5.41, 5.74) is 2.34. The lowest BCUT2D eigenvalue weighted by atomic mass is 9.84. The summed E-state index contributed by atoms with van der Waals surface area (Å²) < 4.78 is 11.4. The fourth-order valence-electron chi connectivity index (χ4n) is 2.58. The van der Waals surface area contributed by atoms with Gasteiger partial charge in [0.25, 0.3) is 0 Å². The molecule has 0 radical (unpaired) electrons. The van der Waals surface area contributed by atoms with E-state index in [2.05, 4.69) is 12.3 Å². The third kappa shape index (κ3) is 3.70. The molecule has 17 heavy (non-hydrogen) atoms. The van der Waals surface area contributed by atoms with Gasteiger partial charge in [-0.25, -0.2) is 0 Å². The van der Waals surface area contributed by atoms with Crippen LogP contribution in [0, 0.1) is 11.8 Å². The maximum Gasteiger partial charge on any atom is 0.481 e. The van der Waals surface area contributed by atoms with E-state index in [4.69, 9.17) is 8.85 Å². The predicted molar refractivity (Wildman–Crippen MR) is 73.0 cm³/mol. The zero-order valence-electron chi connectivity index (χ0n) is 10.9. The molecule has 0 aromatic rings. The van der Waals surface area contributed by atoms with Crippen molar-refractivity contribution in [3.63, 3.8) is 0 Å². The largest absolute Gasteiger partial charge is 0.526 e. The zero-order valence-corrected chi connectivity index (χ0v) is 11.9. The Balaban J connectivity index is 1.85. The third-order valence-electron chi connectivity index (χ3n) is 4.01. The molecule has 3 heteroatoms. The molecule has 2 saturated carbocycles. The summed E-state index contributed by atoms with van der Waals surface area (Å²) in [6, 6.07) is 0. The van der Waals surface area contributed by atoms with Crippen molar-refractivity contribution in [3.8, 4) is 0 Å². The first kappa shape index (κ1) is 12.9. The Morgan fingerprint density at radius 2 is 1.82 bits per heavy atom. The highest BCUT2D eigenvalue weighted by Gasteiger charge is 2.23. The minimum atomic E-state index is -1.23. The second-order valence-electron chi connectivity index (χ2n) is 5.28. The Hall–Kier alpha value is -0.573. The van der Waals surface area contributed by atoms with Gasteiger partial charge < -0.3 is 8.85 Å². The number of rotatable bonds is 5. The highest BCUT2D eigenvalue weighted by atomic mass is 28.3. The summed E-state index contributed by atoms with van der Waals surface area (Å²) in [6.07, 6.45) is 10.6. The quantitative estimate of drug-likeness (QED) is 0.551. The van der Waals surface area contributed by atoms with E-state index in [0.717, 1.165) is 5.76 Å². The molecule has 2 fully saturated rings. The SMILES string of the molecule is C=C(O[Si](=CC1CCCCC1)OC)C1CCC1. The summed E-state index contributed by atoms with van der Waals surface area (Å²) >= 11 is 0. The molecule has 0 spiro atoms. The van der Waals surface area contributed by atoms with Gasteiger partial charge in [-0.15, -0.1) is 0 Å². The van der Waals surface area contributed by atoms with Crippen LogP contribution in [0.25, 0.3) is 0 Å². The Morgan fingerprint density at radius 1 is 1.12 bits per heavy atom. The molecule has 0 bridgehead atoms. The summed E-state index contributed by atoms with van der Waals surface area (Å²) in [4.78, 5) is 0. The molecule has 0 atom stereocenters. The van der Waals surface area contributed by atoms with E-state index in [9.17, 15) is 0 Å². The second-order valence-corrected chi connectivity index (χ2v) is 6.87. The van der Waals surface area contributed by atoms with E-state index in [1.807, 2.05) is 0 Å². The average Bonchev–Trinajstić information content (AvgIpc) is 2.27. The zero-order chi connectivity index (χ0) is 12.1. The van der Waals surface area contributed by atoms with Crippen LogP contribution in [0.5, 0.6) is 0 Å². The molecule has 2 aliphatic carbocycles. The lowest BCUT2D eigenvalue weighted by Crippen LogP contribution is -2.24. The Morgan fingerprint density at radius 3 is 2.35 bits per heavy atom. The second kappa shape index (κ2) is 6.38. The van der Waals surface area contributed by atoms with Crippen molar-refractivity contribution in [2.75, 3.05) is 7.11 Å². The first-order valence-corrected chi connectivity index (χ1v) is 8.31. The molecule has 0 aromatic heterocycles. The van der Waals surface area contributed by atoms with Crippen LogP contribution < -0.4 is 0 Å². The molecule has 0 aromatic carbocycles. The number of allylic oxidation sites excluding steroid dienone is 1. The van der Waals surface area contributed by atoms with Gasteiger partial charge in [-0.1, -0.05) is 32.3 Å². The summed E-state index contributed by atoms with van der Waals surface area (Å²) in [5.74, 6) is 2.29. The molecule has 96 valence electrons. The van der Waals surface area contributed by atoms with Gasteiger partial charge in [0, 0.05) is 5.92 Å². The molecule has 2 rings (SSSR count). The van der Waals surface area contributed by atoms with Gasteiger partial charge in [0.05, 0.1) is 12.9 Å². The van der Waals surface area contributed by atoms with Crippen LogP contribution in [0.4, 0.5) is 0 Å². The van der Waals surface area contributed by atoms with Crippen LogP contribution in [-0.2, 0) is 8.85 Å². The molecule has 0 unspecified atom stereocenters. The monoisotopic (exact) mass is 252 g/mol. The first-order valence-electron chi connectivity index (χ1n) is 6.92. The maximum atomic E-state index is 5.94. The van der Waals surface area contributed by atoms with E-state index in [0.29, 0.717) is 11.8 Å². The van der Waals surface area contributed by atoms with Crippen molar-refractivity contribution in [2.45, 2.75) is 51.4 Å². The molecule has 0 aliphatic heterocycles. The van der Waals surface area contributed by atoms with Gasteiger partial charge >= 0.3 is 8.90 Å². The van der Waals surface area contributed by atoms with Crippen molar-refractivity contribution in [1.82, 2.24) is 0 Å². The van der Waals surface area contributed by atoms with Crippen molar-refractivity contribution in [1.29, 1.82) is 0 Å². The van der Waals surface area contributed by atoms with Crippen molar-refractivity contribution >= 4 is 14.6 Å². The molecular formula is C14H24O2Si. The van der Waals surface area contributed by atoms with Crippen LogP contribution in [0.15, 0.2) is 12.3 Å². The molecular weight excluding hydrogens is 228 g/mol. The molecule has 2 aliphatic rings. The average molecular weight is 252 g/mol. The Kier molecular flexibility index (Phi) is 4.83. The highest BCUT2D eigenvalue weighted by Crippen LogP contribution is 2.32. The van der Waals surface area contributed by atoms with Crippen LogP contribution >= 0.6 is 0 Å². The van der Waals surface area contributed by atoms with Gasteiger partial charge in [-0.05, 0) is 37.3 Å². The van der Waals surface area contributed by atoms with E-state index in [1.54, 1.807) is 7.11 Å². The lowest BCUT2D eigenvalue weighted by Gasteiger charge is -2.28. The standard InChI is InChI=1S/C14H24O2Si/c1-12(14-9-6-10-14)16-17(15-2)11-13-7-4-3-5-8-13/h11,13-14H,1,3-10H2,2H3. The predicted octanol–water partition coefficient (Wildman–Crippen LogP) is 3.42. The van der Waals surface area contributed by atoms with Gasteiger partial charge in [0.15, 0.2) is 0 Å². The molecule has 0 amide bonds. The van der Waals surface area contributed by atoms with Crippen LogP contribution in [-0.4, -0.2) is 21.7 Å². The maximum absolute atomic E-state index is 5.94. The van der Waals surface area contributed by atoms with E-state index >= 15 is 0 Å². The van der Waals surface area contributed by atoms with Gasteiger partial charge in [0.2, 0.25) is 0 Å². The van der Waals surface area contributed by atoms with Crippen molar-refractivity contribution in [3.05, 3.63) is 12.3 Å². The van der Waals surface area contributed by atoms with Crippen molar-refractivity contribution in [2.24, 2.45) is 11.8 Å². The smallest absolute Gasteiger partial charge is 0.481 e. The van der Waals surface area contributed by atoms with Crippen LogP contribution in [0.2, 0.25) is 0 Å². The Bertz CT molecular complexity index is 289. The molecule has 0 N–H and O–H groups in total. The van der Waals surface area contributed by atoms with Gasteiger partial charge in [-0.2, -0.15) is 0 Å². The normalized spacial score (nSPS) is 23.0. The summed E-state index contributed by atoms with van der Waals surface area (Å²) in [6.45, 7) is 4.06. The third-order valence-corrected chi connectivity index (χ3v) is 5.62. The molecule has 2 nitrogen and oxygen atoms in total. The van der Waals surface area contributed by atoms with E-state index in [-0.39, 0.29) is 0 Å². The number of hydrogen-bond donors (Lipinski definition) is 0.